The summed E-state index contributed by atoms with van der Waals surface area (Å²) in [6, 6.07) is 3.17. The predicted octanol–water partition coefficient (Wildman–Crippen LogP) is 2.49. The van der Waals surface area contributed by atoms with Gasteiger partial charge in [0.15, 0.2) is 0 Å². The highest BCUT2D eigenvalue weighted by atomic mass is 79.9. The minimum Gasteiger partial charge on any atom is -0.481 e. The first-order valence-electron chi connectivity index (χ1n) is 5.38. The van der Waals surface area contributed by atoms with Crippen LogP contribution < -0.4 is 5.32 Å². The topological polar surface area (TPSA) is 66.4 Å². The van der Waals surface area contributed by atoms with Crippen molar-refractivity contribution in [3.8, 4) is 0 Å². The van der Waals surface area contributed by atoms with Crippen LogP contribution in [0.1, 0.15) is 28.8 Å². The minimum atomic E-state index is -0.922. The summed E-state index contributed by atoms with van der Waals surface area (Å²) >= 11 is 3.02. The number of carboxylic acids is 1. The number of aryl methyl sites for hydroxylation is 1. The molecule has 0 aliphatic heterocycles. The van der Waals surface area contributed by atoms with Gasteiger partial charge in [0.2, 0.25) is 0 Å². The third kappa shape index (κ3) is 3.80. The first-order chi connectivity index (χ1) is 8.43. The Kier molecular flexibility index (Phi) is 5.27. The zero-order valence-corrected chi connectivity index (χ0v) is 11.4. The Morgan fingerprint density at radius 2 is 2.11 bits per heavy atom. The lowest BCUT2D eigenvalue weighted by Gasteiger charge is -2.09. The van der Waals surface area contributed by atoms with E-state index in [9.17, 15) is 14.0 Å². The minimum absolute atomic E-state index is 0.0142. The normalized spacial score (nSPS) is 10.2. The molecule has 6 heteroatoms. The molecule has 2 N–H and O–H groups in total. The molecule has 0 bridgehead atoms. The van der Waals surface area contributed by atoms with Crippen LogP contribution in [0.4, 0.5) is 4.39 Å². The number of nitrogens with one attached hydrogen (secondary N) is 1. The van der Waals surface area contributed by atoms with E-state index in [1.165, 1.54) is 6.07 Å². The molecule has 0 radical (unpaired) electrons. The van der Waals surface area contributed by atoms with Gasteiger partial charge in [0.25, 0.3) is 5.91 Å². The highest BCUT2D eigenvalue weighted by Gasteiger charge is 2.16. The van der Waals surface area contributed by atoms with Crippen molar-refractivity contribution in [2.45, 2.75) is 19.8 Å². The molecule has 18 heavy (non-hydrogen) atoms. The van der Waals surface area contributed by atoms with Gasteiger partial charge in [-0.3, -0.25) is 9.59 Å². The number of hydrogen-bond acceptors (Lipinski definition) is 2. The SMILES string of the molecule is Cc1ccc(Br)c(F)c1C(=O)NCCCC(=O)O. The highest BCUT2D eigenvalue weighted by molar-refractivity contribution is 9.10. The van der Waals surface area contributed by atoms with E-state index in [0.717, 1.165) is 0 Å². The molecule has 0 saturated heterocycles. The Morgan fingerprint density at radius 3 is 2.72 bits per heavy atom. The highest BCUT2D eigenvalue weighted by Crippen LogP contribution is 2.21. The zero-order chi connectivity index (χ0) is 13.7. The second kappa shape index (κ2) is 6.49. The largest absolute Gasteiger partial charge is 0.481 e. The molecule has 0 heterocycles. The molecule has 1 aromatic carbocycles. The summed E-state index contributed by atoms with van der Waals surface area (Å²) in [4.78, 5) is 22.1. The molecule has 1 rings (SSSR count). The van der Waals surface area contributed by atoms with Gasteiger partial charge in [-0.1, -0.05) is 6.07 Å². The summed E-state index contributed by atoms with van der Waals surface area (Å²) < 4.78 is 14.0. The lowest BCUT2D eigenvalue weighted by atomic mass is 10.1. The third-order valence-corrected chi connectivity index (χ3v) is 3.00. The van der Waals surface area contributed by atoms with Crippen molar-refractivity contribution in [1.82, 2.24) is 5.32 Å². The fraction of sp³-hybridized carbons (Fsp3) is 0.333. The number of carbonyl (C=O) groups excluding carboxylic acids is 1. The smallest absolute Gasteiger partial charge is 0.303 e. The Morgan fingerprint density at radius 1 is 1.44 bits per heavy atom. The number of amides is 1. The Balaban J connectivity index is 2.67. The first kappa shape index (κ1) is 14.6. The number of benzene rings is 1. The van der Waals surface area contributed by atoms with Crippen LogP contribution in [0.15, 0.2) is 16.6 Å². The summed E-state index contributed by atoms with van der Waals surface area (Å²) in [7, 11) is 0. The van der Waals surface area contributed by atoms with E-state index in [1.54, 1.807) is 13.0 Å². The van der Waals surface area contributed by atoms with Crippen molar-refractivity contribution in [2.75, 3.05) is 6.54 Å². The Hall–Kier alpha value is -1.43. The van der Waals surface area contributed by atoms with Crippen LogP contribution in [0.2, 0.25) is 0 Å². The molecule has 4 nitrogen and oxygen atoms in total. The monoisotopic (exact) mass is 317 g/mol. The molecular formula is C12H13BrFNO3. The summed E-state index contributed by atoms with van der Waals surface area (Å²) in [5, 5.41) is 10.9. The van der Waals surface area contributed by atoms with Crippen molar-refractivity contribution >= 4 is 27.8 Å². The van der Waals surface area contributed by atoms with Crippen LogP contribution >= 0.6 is 15.9 Å². The maximum Gasteiger partial charge on any atom is 0.303 e. The summed E-state index contributed by atoms with van der Waals surface area (Å²) in [5.41, 5.74) is 0.520. The van der Waals surface area contributed by atoms with Crippen molar-refractivity contribution in [1.29, 1.82) is 0 Å². The maximum atomic E-state index is 13.7. The molecule has 98 valence electrons. The third-order valence-electron chi connectivity index (χ3n) is 2.38. The molecule has 0 aliphatic carbocycles. The molecule has 0 atom stereocenters. The number of hydrogen-bond donors (Lipinski definition) is 2. The summed E-state index contributed by atoms with van der Waals surface area (Å²) in [5.74, 6) is -2.06. The molecule has 1 aromatic rings. The molecule has 0 aromatic heterocycles. The molecule has 0 unspecified atom stereocenters. The lowest BCUT2D eigenvalue weighted by Crippen LogP contribution is -2.26. The van der Waals surface area contributed by atoms with E-state index in [1.807, 2.05) is 0 Å². The number of rotatable bonds is 5. The van der Waals surface area contributed by atoms with E-state index < -0.39 is 17.7 Å². The van der Waals surface area contributed by atoms with E-state index >= 15 is 0 Å². The van der Waals surface area contributed by atoms with E-state index in [2.05, 4.69) is 21.2 Å². The van der Waals surface area contributed by atoms with Gasteiger partial charge >= 0.3 is 5.97 Å². The number of aliphatic carboxylic acids is 1. The second-order valence-corrected chi connectivity index (χ2v) is 4.66. The van der Waals surface area contributed by atoms with Gasteiger partial charge in [-0.25, -0.2) is 4.39 Å². The first-order valence-corrected chi connectivity index (χ1v) is 6.17. The molecule has 0 fully saturated rings. The average Bonchev–Trinajstić information content (AvgIpc) is 2.30. The van der Waals surface area contributed by atoms with E-state index in [0.29, 0.717) is 12.0 Å². The summed E-state index contributed by atoms with van der Waals surface area (Å²) in [6.45, 7) is 1.85. The number of carbonyl (C=O) groups is 2. The van der Waals surface area contributed by atoms with Crippen molar-refractivity contribution in [3.63, 3.8) is 0 Å². The Labute approximate surface area is 112 Å². The van der Waals surface area contributed by atoms with Crippen molar-refractivity contribution < 1.29 is 19.1 Å². The van der Waals surface area contributed by atoms with Gasteiger partial charge in [0, 0.05) is 13.0 Å². The van der Waals surface area contributed by atoms with E-state index in [-0.39, 0.29) is 23.0 Å². The molecule has 0 saturated carbocycles. The van der Waals surface area contributed by atoms with Gasteiger partial charge in [-0.15, -0.1) is 0 Å². The molecule has 0 aliphatic rings. The summed E-state index contributed by atoms with van der Waals surface area (Å²) in [6.07, 6.45) is 0.288. The van der Waals surface area contributed by atoms with Crippen molar-refractivity contribution in [3.05, 3.63) is 33.5 Å². The van der Waals surface area contributed by atoms with Gasteiger partial charge in [0.05, 0.1) is 10.0 Å². The van der Waals surface area contributed by atoms with Crippen LogP contribution in [-0.4, -0.2) is 23.5 Å². The van der Waals surface area contributed by atoms with Crippen LogP contribution in [0.25, 0.3) is 0 Å². The van der Waals surface area contributed by atoms with Gasteiger partial charge < -0.3 is 10.4 Å². The maximum absolute atomic E-state index is 13.7. The number of carboxylic acid groups (broad SMARTS) is 1. The van der Waals surface area contributed by atoms with Crippen LogP contribution in [0, 0.1) is 12.7 Å². The Bertz CT molecular complexity index is 477. The van der Waals surface area contributed by atoms with Crippen molar-refractivity contribution in [2.24, 2.45) is 0 Å². The van der Waals surface area contributed by atoms with Gasteiger partial charge in [0.1, 0.15) is 5.82 Å². The fourth-order valence-corrected chi connectivity index (χ4v) is 1.79. The molecule has 0 spiro atoms. The molecule has 1 amide bonds. The van der Waals surface area contributed by atoms with Crippen LogP contribution in [0.3, 0.4) is 0 Å². The number of halogens is 2. The van der Waals surface area contributed by atoms with Crippen LogP contribution in [0.5, 0.6) is 0 Å². The average molecular weight is 318 g/mol. The quantitative estimate of drug-likeness (QED) is 0.820. The second-order valence-electron chi connectivity index (χ2n) is 3.81. The predicted molar refractivity (Wildman–Crippen MR) is 68.0 cm³/mol. The molecular weight excluding hydrogens is 305 g/mol. The van der Waals surface area contributed by atoms with E-state index in [4.69, 9.17) is 5.11 Å². The standard InChI is InChI=1S/C12H13BrFNO3/c1-7-4-5-8(13)11(14)10(7)12(18)15-6-2-3-9(16)17/h4-5H,2-3,6H2,1H3,(H,15,18)(H,16,17). The van der Waals surface area contributed by atoms with Gasteiger partial charge in [-0.05, 0) is 40.9 Å². The van der Waals surface area contributed by atoms with Crippen LogP contribution in [-0.2, 0) is 4.79 Å². The fourth-order valence-electron chi connectivity index (χ4n) is 1.46. The lowest BCUT2D eigenvalue weighted by molar-refractivity contribution is -0.137. The zero-order valence-electron chi connectivity index (χ0n) is 9.80. The van der Waals surface area contributed by atoms with Gasteiger partial charge in [-0.2, -0.15) is 0 Å².